The van der Waals surface area contributed by atoms with Crippen LogP contribution in [0.1, 0.15) is 23.8 Å². The summed E-state index contributed by atoms with van der Waals surface area (Å²) < 4.78 is 2.22. The maximum absolute atomic E-state index is 6.25. The first kappa shape index (κ1) is 12.9. The highest BCUT2D eigenvalue weighted by Crippen LogP contribution is 2.43. The highest BCUT2D eigenvalue weighted by Gasteiger charge is 2.30. The Morgan fingerprint density at radius 1 is 1.17 bits per heavy atom. The van der Waals surface area contributed by atoms with Gasteiger partial charge in [0.25, 0.3) is 0 Å². The molecule has 1 aromatic heterocycles. The van der Waals surface area contributed by atoms with E-state index < -0.39 is 0 Å². The summed E-state index contributed by atoms with van der Waals surface area (Å²) in [6.07, 6.45) is 2.57. The monoisotopic (exact) mass is 385 g/mol. The van der Waals surface area contributed by atoms with Crippen molar-refractivity contribution in [2.45, 2.75) is 18.9 Å². The lowest BCUT2D eigenvalue weighted by molar-refractivity contribution is 0.645. The summed E-state index contributed by atoms with van der Waals surface area (Å²) in [6.45, 7) is 0. The summed E-state index contributed by atoms with van der Waals surface area (Å²) in [5.41, 5.74) is 7.47. The molecule has 1 unspecified atom stereocenters. The van der Waals surface area contributed by atoms with Gasteiger partial charge < -0.3 is 5.73 Å². The topological polar surface area (TPSA) is 26.0 Å². The van der Waals surface area contributed by atoms with Gasteiger partial charge in [-0.05, 0) is 49.1 Å². The second-order valence-corrected chi connectivity index (χ2v) is 7.57. The van der Waals surface area contributed by atoms with Crippen molar-refractivity contribution >= 4 is 43.2 Å². The second kappa shape index (κ2) is 5.08. The highest BCUT2D eigenvalue weighted by molar-refractivity contribution is 9.11. The lowest BCUT2D eigenvalue weighted by Gasteiger charge is -2.06. The lowest BCUT2D eigenvalue weighted by atomic mass is 10.1. The predicted molar refractivity (Wildman–Crippen MR) is 84.8 cm³/mol. The third-order valence-electron chi connectivity index (χ3n) is 3.28. The van der Waals surface area contributed by atoms with Crippen molar-refractivity contribution in [2.24, 2.45) is 11.7 Å². The normalized spacial score (nSPS) is 16.8. The Balaban J connectivity index is 1.94. The summed E-state index contributed by atoms with van der Waals surface area (Å²) >= 11 is 8.94. The quantitative estimate of drug-likeness (QED) is 0.755. The molecule has 0 aliphatic heterocycles. The van der Waals surface area contributed by atoms with E-state index in [0.29, 0.717) is 5.92 Å². The van der Waals surface area contributed by atoms with Crippen LogP contribution in [0.3, 0.4) is 0 Å². The molecule has 0 spiro atoms. The predicted octanol–water partition coefficient (Wildman–Crippen LogP) is 5.35. The van der Waals surface area contributed by atoms with E-state index in [0.717, 1.165) is 8.95 Å². The maximum Gasteiger partial charge on any atom is 0.0418 e. The third kappa shape index (κ3) is 2.57. The number of thiophene rings is 1. The van der Waals surface area contributed by atoms with Crippen LogP contribution in [0.4, 0.5) is 0 Å². The van der Waals surface area contributed by atoms with Gasteiger partial charge in [0, 0.05) is 30.3 Å². The van der Waals surface area contributed by atoms with E-state index >= 15 is 0 Å². The molecule has 1 heterocycles. The standard InChI is InChI=1S/C14H13Br2NS/c15-9-3-4-11(16)10(7-9)12-5-6-13(18-12)14(17)8-1-2-8/h3-8,14H,1-2,17H2. The number of hydrogen-bond acceptors (Lipinski definition) is 2. The molecule has 1 atom stereocenters. The fourth-order valence-corrected chi connectivity index (χ4v) is 4.14. The number of rotatable bonds is 3. The van der Waals surface area contributed by atoms with Gasteiger partial charge in [-0.15, -0.1) is 11.3 Å². The van der Waals surface area contributed by atoms with Crippen molar-refractivity contribution in [2.75, 3.05) is 0 Å². The molecule has 2 aromatic rings. The van der Waals surface area contributed by atoms with Crippen LogP contribution in [0, 0.1) is 5.92 Å². The summed E-state index contributed by atoms with van der Waals surface area (Å²) in [5.74, 6) is 0.711. The molecule has 1 saturated carbocycles. The number of nitrogens with two attached hydrogens (primary N) is 1. The van der Waals surface area contributed by atoms with Crippen molar-refractivity contribution in [1.29, 1.82) is 0 Å². The van der Waals surface area contributed by atoms with Gasteiger partial charge in [0.05, 0.1) is 0 Å². The van der Waals surface area contributed by atoms with E-state index in [1.54, 1.807) is 0 Å². The van der Waals surface area contributed by atoms with Gasteiger partial charge >= 0.3 is 0 Å². The molecule has 18 heavy (non-hydrogen) atoms. The van der Waals surface area contributed by atoms with Crippen molar-refractivity contribution in [1.82, 2.24) is 0 Å². The lowest BCUT2D eigenvalue weighted by Crippen LogP contribution is -2.10. The van der Waals surface area contributed by atoms with Crippen molar-refractivity contribution < 1.29 is 0 Å². The van der Waals surface area contributed by atoms with Crippen LogP contribution in [0.5, 0.6) is 0 Å². The summed E-state index contributed by atoms with van der Waals surface area (Å²) in [4.78, 5) is 2.58. The Bertz CT molecular complexity index is 575. The molecule has 1 aliphatic carbocycles. The minimum absolute atomic E-state index is 0.231. The van der Waals surface area contributed by atoms with Gasteiger partial charge in [-0.2, -0.15) is 0 Å². The third-order valence-corrected chi connectivity index (χ3v) is 5.68. The second-order valence-electron chi connectivity index (χ2n) is 4.69. The fourth-order valence-electron chi connectivity index (χ4n) is 2.05. The fraction of sp³-hybridized carbons (Fsp3) is 0.286. The summed E-state index contributed by atoms with van der Waals surface area (Å²) in [7, 11) is 0. The van der Waals surface area contributed by atoms with E-state index in [-0.39, 0.29) is 6.04 Å². The van der Waals surface area contributed by atoms with Crippen LogP contribution in [0.25, 0.3) is 10.4 Å². The molecule has 3 rings (SSSR count). The molecule has 0 saturated heterocycles. The largest absolute Gasteiger partial charge is 0.323 e. The van der Waals surface area contributed by atoms with E-state index in [1.807, 2.05) is 17.4 Å². The molecule has 0 amide bonds. The zero-order valence-electron chi connectivity index (χ0n) is 9.70. The van der Waals surface area contributed by atoms with Gasteiger partial charge in [0.15, 0.2) is 0 Å². The van der Waals surface area contributed by atoms with Gasteiger partial charge in [0.2, 0.25) is 0 Å². The number of benzene rings is 1. The summed E-state index contributed by atoms with van der Waals surface area (Å²) in [5, 5.41) is 0. The summed E-state index contributed by atoms with van der Waals surface area (Å²) in [6, 6.07) is 10.8. The van der Waals surface area contributed by atoms with Gasteiger partial charge in [-0.3, -0.25) is 0 Å². The van der Waals surface area contributed by atoms with Crippen LogP contribution in [0.2, 0.25) is 0 Å². The number of halogens is 2. The minimum Gasteiger partial charge on any atom is -0.323 e. The van der Waals surface area contributed by atoms with E-state index in [2.05, 4.69) is 56.1 Å². The SMILES string of the molecule is NC(c1ccc(-c2cc(Br)ccc2Br)s1)C1CC1. The first-order chi connectivity index (χ1) is 8.65. The molecule has 0 bridgehead atoms. The smallest absolute Gasteiger partial charge is 0.0418 e. The van der Waals surface area contributed by atoms with Crippen molar-refractivity contribution in [3.8, 4) is 10.4 Å². The molecule has 1 aromatic carbocycles. The zero-order chi connectivity index (χ0) is 12.7. The highest BCUT2D eigenvalue weighted by atomic mass is 79.9. The molecular formula is C14H13Br2NS. The Morgan fingerprint density at radius 3 is 2.67 bits per heavy atom. The average Bonchev–Trinajstić information content (AvgIpc) is 3.09. The Labute approximate surface area is 128 Å². The molecule has 4 heteroatoms. The molecule has 1 nitrogen and oxygen atoms in total. The maximum atomic E-state index is 6.25. The van der Waals surface area contributed by atoms with Crippen LogP contribution < -0.4 is 5.73 Å². The molecule has 94 valence electrons. The van der Waals surface area contributed by atoms with Gasteiger partial charge in [-0.25, -0.2) is 0 Å². The van der Waals surface area contributed by atoms with Crippen molar-refractivity contribution in [3.05, 3.63) is 44.2 Å². The molecule has 1 aliphatic rings. The van der Waals surface area contributed by atoms with Gasteiger partial charge in [-0.1, -0.05) is 31.9 Å². The van der Waals surface area contributed by atoms with Gasteiger partial charge in [0.1, 0.15) is 0 Å². The van der Waals surface area contributed by atoms with Crippen LogP contribution in [0.15, 0.2) is 39.3 Å². The Kier molecular flexibility index (Phi) is 3.63. The molecule has 0 radical (unpaired) electrons. The molecular weight excluding hydrogens is 374 g/mol. The first-order valence-corrected chi connectivity index (χ1v) is 8.36. The van der Waals surface area contributed by atoms with E-state index in [4.69, 9.17) is 5.73 Å². The van der Waals surface area contributed by atoms with Crippen LogP contribution in [-0.2, 0) is 0 Å². The van der Waals surface area contributed by atoms with E-state index in [9.17, 15) is 0 Å². The van der Waals surface area contributed by atoms with Crippen LogP contribution >= 0.6 is 43.2 Å². The zero-order valence-corrected chi connectivity index (χ0v) is 13.7. The Hall–Kier alpha value is -0.160. The van der Waals surface area contributed by atoms with Crippen molar-refractivity contribution in [3.63, 3.8) is 0 Å². The Morgan fingerprint density at radius 2 is 1.94 bits per heavy atom. The minimum atomic E-state index is 0.231. The molecule has 1 fully saturated rings. The average molecular weight is 387 g/mol. The van der Waals surface area contributed by atoms with E-state index in [1.165, 1.54) is 28.2 Å². The first-order valence-electron chi connectivity index (χ1n) is 5.96. The molecule has 2 N–H and O–H groups in total. The van der Waals surface area contributed by atoms with Crippen LogP contribution in [-0.4, -0.2) is 0 Å². The number of hydrogen-bond donors (Lipinski definition) is 1.